The number of benzene rings is 4. The Morgan fingerprint density at radius 3 is 2.13 bits per heavy atom. The van der Waals surface area contributed by atoms with Crippen LogP contribution in [0, 0.1) is 12.7 Å². The quantitative estimate of drug-likeness (QED) is 0.143. The minimum absolute atomic E-state index is 0.0162. The molecule has 0 saturated carbocycles. The Bertz CT molecular complexity index is 1700. The molecule has 0 aliphatic carbocycles. The van der Waals surface area contributed by atoms with Crippen molar-refractivity contribution in [3.05, 3.63) is 126 Å². The number of amides is 2. The molecule has 0 unspecified atom stereocenters. The van der Waals surface area contributed by atoms with Crippen molar-refractivity contribution in [3.63, 3.8) is 0 Å². The molecule has 10 heteroatoms. The lowest BCUT2D eigenvalue weighted by Crippen LogP contribution is -2.53. The predicted octanol–water partition coefficient (Wildman–Crippen LogP) is 6.28. The largest absolute Gasteiger partial charge is 0.494 e. The van der Waals surface area contributed by atoms with Crippen molar-refractivity contribution in [2.45, 2.75) is 57.5 Å². The van der Waals surface area contributed by atoms with Gasteiger partial charge >= 0.3 is 0 Å². The van der Waals surface area contributed by atoms with Crippen LogP contribution >= 0.6 is 0 Å². The number of carbonyl (C=O) groups excluding carboxylic acids is 2. The van der Waals surface area contributed by atoms with Gasteiger partial charge in [-0.2, -0.15) is 0 Å². The molecule has 0 saturated heterocycles. The van der Waals surface area contributed by atoms with Crippen LogP contribution in [0.4, 0.5) is 10.1 Å². The van der Waals surface area contributed by atoms with E-state index >= 15 is 0 Å². The van der Waals surface area contributed by atoms with Gasteiger partial charge in [0.05, 0.1) is 17.2 Å². The summed E-state index contributed by atoms with van der Waals surface area (Å²) < 4.78 is 48.8. The number of aryl methyl sites for hydroxylation is 1. The lowest BCUT2D eigenvalue weighted by atomic mass is 10.0. The smallest absolute Gasteiger partial charge is 0.264 e. The van der Waals surface area contributed by atoms with Gasteiger partial charge in [-0.1, -0.05) is 73.5 Å². The van der Waals surface area contributed by atoms with E-state index < -0.39 is 34.3 Å². The molecule has 4 aromatic rings. The summed E-state index contributed by atoms with van der Waals surface area (Å²) in [4.78, 5) is 29.7. The monoisotopic (exact) mass is 659 g/mol. The molecule has 248 valence electrons. The number of rotatable bonds is 16. The zero-order valence-corrected chi connectivity index (χ0v) is 27.9. The first-order valence-electron chi connectivity index (χ1n) is 15.8. The summed E-state index contributed by atoms with van der Waals surface area (Å²) in [6.07, 6.45) is 1.83. The van der Waals surface area contributed by atoms with Crippen LogP contribution in [0.25, 0.3) is 0 Å². The van der Waals surface area contributed by atoms with Crippen LogP contribution in [0.2, 0.25) is 0 Å². The van der Waals surface area contributed by atoms with Gasteiger partial charge in [0.1, 0.15) is 24.2 Å². The Kier molecular flexibility index (Phi) is 12.5. The molecule has 4 rings (SSSR count). The van der Waals surface area contributed by atoms with Crippen molar-refractivity contribution in [2.75, 3.05) is 24.0 Å². The minimum Gasteiger partial charge on any atom is -0.494 e. The molecule has 0 spiro atoms. The lowest BCUT2D eigenvalue weighted by molar-refractivity contribution is -0.140. The molecule has 8 nitrogen and oxygen atoms in total. The molecule has 4 aromatic carbocycles. The number of sulfonamides is 1. The first-order chi connectivity index (χ1) is 22.6. The van der Waals surface area contributed by atoms with Crippen molar-refractivity contribution < 1.29 is 27.1 Å². The third-order valence-corrected chi connectivity index (χ3v) is 9.48. The van der Waals surface area contributed by atoms with Crippen LogP contribution in [-0.4, -0.2) is 50.9 Å². The summed E-state index contributed by atoms with van der Waals surface area (Å²) in [6.45, 7) is 5.98. The highest BCUT2D eigenvalue weighted by atomic mass is 32.2. The molecule has 0 aromatic heterocycles. The lowest BCUT2D eigenvalue weighted by Gasteiger charge is -2.34. The molecule has 0 fully saturated rings. The zero-order valence-electron chi connectivity index (χ0n) is 27.1. The molecule has 47 heavy (non-hydrogen) atoms. The van der Waals surface area contributed by atoms with E-state index in [4.69, 9.17) is 4.74 Å². The van der Waals surface area contributed by atoms with Crippen molar-refractivity contribution in [1.82, 2.24) is 10.2 Å². The highest BCUT2D eigenvalue weighted by Crippen LogP contribution is 2.27. The fraction of sp³-hybridized carbons (Fsp3) is 0.297. The Balaban J connectivity index is 1.77. The number of unbranched alkanes of at least 4 members (excludes halogenated alkanes) is 1. The number of halogens is 1. The number of ether oxygens (including phenoxy) is 1. The van der Waals surface area contributed by atoms with Gasteiger partial charge in [-0.3, -0.25) is 13.9 Å². The fourth-order valence-electron chi connectivity index (χ4n) is 5.09. The third kappa shape index (κ3) is 9.65. The number of hydrogen-bond acceptors (Lipinski definition) is 5. The third-order valence-electron chi connectivity index (χ3n) is 7.69. The first kappa shape index (κ1) is 35.2. The van der Waals surface area contributed by atoms with Crippen LogP contribution in [0.1, 0.15) is 43.4 Å². The SMILES string of the molecule is CCCCNC(=O)[C@H](Cc1ccccc1)N(Cc1ccc(F)cc1)C(=O)CN(c1ccc(C)cc1)S(=O)(=O)c1ccc(OCC)cc1. The molecule has 0 heterocycles. The average molecular weight is 660 g/mol. The van der Waals surface area contributed by atoms with E-state index in [1.165, 1.54) is 29.2 Å². The van der Waals surface area contributed by atoms with Gasteiger partial charge in [0.2, 0.25) is 11.8 Å². The van der Waals surface area contributed by atoms with E-state index in [-0.39, 0.29) is 23.8 Å². The van der Waals surface area contributed by atoms with Crippen LogP contribution in [0.5, 0.6) is 5.75 Å². The van der Waals surface area contributed by atoms with E-state index in [2.05, 4.69) is 5.32 Å². The zero-order chi connectivity index (χ0) is 33.8. The molecular weight excluding hydrogens is 617 g/mol. The molecule has 2 amide bonds. The molecule has 0 aliphatic rings. The minimum atomic E-state index is -4.25. The molecule has 0 aliphatic heterocycles. The van der Waals surface area contributed by atoms with E-state index in [1.807, 2.05) is 51.1 Å². The van der Waals surface area contributed by atoms with Gasteiger partial charge in [0.25, 0.3) is 10.0 Å². The molecule has 1 atom stereocenters. The van der Waals surface area contributed by atoms with Crippen LogP contribution < -0.4 is 14.4 Å². The van der Waals surface area contributed by atoms with Gasteiger partial charge in [0, 0.05) is 19.5 Å². The predicted molar refractivity (Wildman–Crippen MR) is 182 cm³/mol. The fourth-order valence-corrected chi connectivity index (χ4v) is 6.50. The van der Waals surface area contributed by atoms with Crippen molar-refractivity contribution >= 4 is 27.5 Å². The Morgan fingerprint density at radius 1 is 0.851 bits per heavy atom. The van der Waals surface area contributed by atoms with E-state index in [0.717, 1.165) is 28.3 Å². The molecule has 1 N–H and O–H groups in total. The maximum atomic E-state index is 14.5. The van der Waals surface area contributed by atoms with Crippen LogP contribution in [-0.2, 0) is 32.6 Å². The second-order valence-corrected chi connectivity index (χ2v) is 13.1. The molecular formula is C37H42FN3O5S. The average Bonchev–Trinajstić information content (AvgIpc) is 3.07. The Morgan fingerprint density at radius 2 is 1.51 bits per heavy atom. The summed E-state index contributed by atoms with van der Waals surface area (Å²) >= 11 is 0. The van der Waals surface area contributed by atoms with Crippen LogP contribution in [0.3, 0.4) is 0 Å². The van der Waals surface area contributed by atoms with E-state index in [9.17, 15) is 22.4 Å². The first-order valence-corrected chi connectivity index (χ1v) is 17.2. The van der Waals surface area contributed by atoms with E-state index in [0.29, 0.717) is 30.2 Å². The topological polar surface area (TPSA) is 96.0 Å². The maximum absolute atomic E-state index is 14.5. The Labute approximate surface area is 277 Å². The molecule has 0 bridgehead atoms. The van der Waals surface area contributed by atoms with E-state index in [1.54, 1.807) is 48.5 Å². The number of nitrogens with zero attached hydrogens (tertiary/aromatic N) is 2. The van der Waals surface area contributed by atoms with Gasteiger partial charge < -0.3 is 15.0 Å². The van der Waals surface area contributed by atoms with Gasteiger partial charge in [-0.05, 0) is 79.9 Å². The number of carbonyl (C=O) groups is 2. The second kappa shape index (κ2) is 16.7. The summed E-state index contributed by atoms with van der Waals surface area (Å²) in [5, 5.41) is 2.96. The molecule has 0 radical (unpaired) electrons. The highest BCUT2D eigenvalue weighted by molar-refractivity contribution is 7.92. The number of anilines is 1. The van der Waals surface area contributed by atoms with Crippen molar-refractivity contribution in [2.24, 2.45) is 0 Å². The number of nitrogens with one attached hydrogen (secondary N) is 1. The summed E-state index contributed by atoms with van der Waals surface area (Å²) in [5.41, 5.74) is 2.64. The normalized spacial score (nSPS) is 11.8. The van der Waals surface area contributed by atoms with Crippen molar-refractivity contribution in [3.8, 4) is 5.75 Å². The van der Waals surface area contributed by atoms with Gasteiger partial charge in [0.15, 0.2) is 0 Å². The maximum Gasteiger partial charge on any atom is 0.264 e. The summed E-state index contributed by atoms with van der Waals surface area (Å²) in [7, 11) is -4.25. The van der Waals surface area contributed by atoms with Crippen LogP contribution in [0.15, 0.2) is 108 Å². The van der Waals surface area contributed by atoms with Gasteiger partial charge in [-0.25, -0.2) is 12.8 Å². The van der Waals surface area contributed by atoms with Crippen molar-refractivity contribution in [1.29, 1.82) is 0 Å². The summed E-state index contributed by atoms with van der Waals surface area (Å²) in [6, 6.07) is 26.9. The summed E-state index contributed by atoms with van der Waals surface area (Å²) in [5.74, 6) is -0.852. The Hall–Kier alpha value is -4.70. The van der Waals surface area contributed by atoms with Gasteiger partial charge in [-0.15, -0.1) is 0 Å². The standard InChI is InChI=1S/C37H42FN3O5S/c1-4-6-24-39-37(43)35(25-29-10-8-7-9-11-29)40(26-30-14-16-31(38)17-15-30)36(42)27-41(32-18-12-28(3)13-19-32)47(44,45)34-22-20-33(21-23-34)46-5-2/h7-23,35H,4-6,24-27H2,1-3H3,(H,39,43)/t35-/m0/s1. The number of hydrogen-bond donors (Lipinski definition) is 1. The second-order valence-electron chi connectivity index (χ2n) is 11.2. The highest BCUT2D eigenvalue weighted by Gasteiger charge is 2.34.